The number of methoxy groups -OCH3 is 1. The van der Waals surface area contributed by atoms with E-state index in [1.165, 1.54) is 7.11 Å². The van der Waals surface area contributed by atoms with Crippen molar-refractivity contribution >= 4 is 70.2 Å². The Bertz CT molecular complexity index is 517. The Balaban J connectivity index is 3.10. The molecule has 0 unspecified atom stereocenters. The van der Waals surface area contributed by atoms with Crippen LogP contribution in [-0.4, -0.2) is 26.5 Å². The predicted molar refractivity (Wildman–Crippen MR) is 90.4 cm³/mol. The van der Waals surface area contributed by atoms with Crippen LogP contribution in [0.15, 0.2) is 29.4 Å². The molecule has 0 heterocycles. The Morgan fingerprint density at radius 3 is 2.33 bits per heavy atom. The highest BCUT2D eigenvalue weighted by atomic mass is 35.6. The Kier molecular flexibility index (Phi) is 7.44. The van der Waals surface area contributed by atoms with Crippen LogP contribution in [0.25, 0.3) is 0 Å². The number of hydrogen-bond donors (Lipinski definition) is 0. The predicted octanol–water partition coefficient (Wildman–Crippen LogP) is 5.50. The summed E-state index contributed by atoms with van der Waals surface area (Å²) < 4.78 is 3.78. The Morgan fingerprint density at radius 1 is 1.33 bits per heavy atom. The van der Waals surface area contributed by atoms with E-state index in [9.17, 15) is 4.79 Å². The number of alkyl halides is 3. The standard InChI is InChI=1S/C12H12Cl4N2O2S/c1-3-10(8-4-6-9(13)7-5-8)17-18(11(19)20-2)21-12(14,15)16/h4-7H,3H2,1-2H3. The van der Waals surface area contributed by atoms with Crippen LogP contribution in [-0.2, 0) is 4.74 Å². The van der Waals surface area contributed by atoms with Gasteiger partial charge in [0.1, 0.15) is 0 Å². The molecule has 0 radical (unpaired) electrons. The van der Waals surface area contributed by atoms with E-state index < -0.39 is 9.22 Å². The highest BCUT2D eigenvalue weighted by Gasteiger charge is 2.29. The summed E-state index contributed by atoms with van der Waals surface area (Å²) >= 11 is 23.5. The van der Waals surface area contributed by atoms with E-state index in [1.54, 1.807) is 24.3 Å². The Morgan fingerprint density at radius 2 is 1.90 bits per heavy atom. The molecule has 0 fully saturated rings. The lowest BCUT2D eigenvalue weighted by Gasteiger charge is -2.19. The fourth-order valence-electron chi connectivity index (χ4n) is 1.36. The molecule has 0 aromatic heterocycles. The molecule has 1 aromatic carbocycles. The number of hydrogen-bond acceptors (Lipinski definition) is 4. The normalized spacial score (nSPS) is 12.2. The molecule has 4 nitrogen and oxygen atoms in total. The lowest BCUT2D eigenvalue weighted by atomic mass is 10.1. The minimum Gasteiger partial charge on any atom is -0.451 e. The highest BCUT2D eigenvalue weighted by molar-refractivity contribution is 8.03. The van der Waals surface area contributed by atoms with Gasteiger partial charge in [0.15, 0.2) is 0 Å². The van der Waals surface area contributed by atoms with E-state index in [0.717, 1.165) is 9.98 Å². The fourth-order valence-corrected chi connectivity index (χ4v) is 2.56. The molecular formula is C12H12Cl4N2O2S. The van der Waals surface area contributed by atoms with E-state index in [2.05, 4.69) is 9.84 Å². The van der Waals surface area contributed by atoms with Gasteiger partial charge in [0, 0.05) is 17.0 Å². The van der Waals surface area contributed by atoms with E-state index in [0.29, 0.717) is 29.1 Å². The molecule has 9 heteroatoms. The summed E-state index contributed by atoms with van der Waals surface area (Å²) in [6, 6.07) is 7.04. The monoisotopic (exact) mass is 388 g/mol. The van der Waals surface area contributed by atoms with Gasteiger partial charge in [0.05, 0.1) is 12.8 Å². The highest BCUT2D eigenvalue weighted by Crippen LogP contribution is 2.41. The van der Waals surface area contributed by atoms with E-state index >= 15 is 0 Å². The number of benzene rings is 1. The quantitative estimate of drug-likeness (QED) is 0.295. The summed E-state index contributed by atoms with van der Waals surface area (Å²) in [5.74, 6) is 0. The molecule has 0 spiro atoms. The molecule has 0 aliphatic carbocycles. The largest absolute Gasteiger partial charge is 0.451 e. The molecule has 116 valence electrons. The van der Waals surface area contributed by atoms with Crippen molar-refractivity contribution in [3.05, 3.63) is 34.9 Å². The molecule has 0 saturated heterocycles. The first kappa shape index (κ1) is 18.7. The van der Waals surface area contributed by atoms with Crippen molar-refractivity contribution in [2.45, 2.75) is 16.5 Å². The summed E-state index contributed by atoms with van der Waals surface area (Å²) in [5, 5.41) is 4.80. The van der Waals surface area contributed by atoms with Crippen molar-refractivity contribution < 1.29 is 9.53 Å². The maximum Gasteiger partial charge on any atom is 0.440 e. The number of hydrazone groups is 1. The van der Waals surface area contributed by atoms with Gasteiger partial charge < -0.3 is 4.74 Å². The molecule has 0 atom stereocenters. The Labute approximate surface area is 147 Å². The summed E-state index contributed by atoms with van der Waals surface area (Å²) in [6.45, 7) is 1.89. The van der Waals surface area contributed by atoms with Crippen LogP contribution in [0.3, 0.4) is 0 Å². The van der Waals surface area contributed by atoms with Gasteiger partial charge in [-0.05, 0) is 24.1 Å². The van der Waals surface area contributed by atoms with Crippen molar-refractivity contribution in [2.75, 3.05) is 7.11 Å². The van der Waals surface area contributed by atoms with Gasteiger partial charge >= 0.3 is 6.09 Å². The smallest absolute Gasteiger partial charge is 0.440 e. The first-order valence-corrected chi connectivity index (χ1v) is 8.02. The molecule has 0 aliphatic heterocycles. The Hall–Kier alpha value is -0.330. The van der Waals surface area contributed by atoms with Gasteiger partial charge in [0.25, 0.3) is 3.12 Å². The zero-order valence-electron chi connectivity index (χ0n) is 11.1. The molecule has 1 aromatic rings. The lowest BCUT2D eigenvalue weighted by molar-refractivity contribution is 0.153. The van der Waals surface area contributed by atoms with Gasteiger partial charge in [-0.1, -0.05) is 65.5 Å². The molecule has 21 heavy (non-hydrogen) atoms. The van der Waals surface area contributed by atoms with E-state index in [-0.39, 0.29) is 0 Å². The van der Waals surface area contributed by atoms with Crippen molar-refractivity contribution in [3.63, 3.8) is 0 Å². The van der Waals surface area contributed by atoms with Crippen LogP contribution < -0.4 is 0 Å². The van der Waals surface area contributed by atoms with Gasteiger partial charge in [-0.3, -0.25) is 0 Å². The van der Waals surface area contributed by atoms with Crippen LogP contribution in [0.5, 0.6) is 0 Å². The lowest BCUT2D eigenvalue weighted by Crippen LogP contribution is -2.24. The number of amides is 1. The van der Waals surface area contributed by atoms with Crippen LogP contribution in [0.1, 0.15) is 18.9 Å². The third-order valence-electron chi connectivity index (χ3n) is 2.24. The summed E-state index contributed by atoms with van der Waals surface area (Å²) in [4.78, 5) is 11.7. The number of ether oxygens (including phenoxy) is 1. The van der Waals surface area contributed by atoms with Crippen LogP contribution in [0.4, 0.5) is 4.79 Å². The third-order valence-corrected chi connectivity index (χ3v) is 3.73. The third kappa shape index (κ3) is 6.53. The topological polar surface area (TPSA) is 41.9 Å². The average molecular weight is 390 g/mol. The summed E-state index contributed by atoms with van der Waals surface area (Å²) in [5.41, 5.74) is 1.43. The summed E-state index contributed by atoms with van der Waals surface area (Å²) in [6.07, 6.45) is -0.179. The minimum atomic E-state index is -1.74. The van der Waals surface area contributed by atoms with Crippen molar-refractivity contribution in [3.8, 4) is 0 Å². The first-order chi connectivity index (χ1) is 9.76. The molecule has 0 N–H and O–H groups in total. The van der Waals surface area contributed by atoms with Crippen molar-refractivity contribution in [1.29, 1.82) is 0 Å². The SMILES string of the molecule is CCC(=NN(SC(Cl)(Cl)Cl)C(=O)OC)c1ccc(Cl)cc1. The number of carbonyl (C=O) groups excluding carboxylic acids is 1. The van der Waals surface area contributed by atoms with Gasteiger partial charge in [-0.2, -0.15) is 5.10 Å². The minimum absolute atomic E-state index is 0.565. The van der Waals surface area contributed by atoms with E-state index in [4.69, 9.17) is 46.4 Å². The van der Waals surface area contributed by atoms with Crippen molar-refractivity contribution in [1.82, 2.24) is 4.41 Å². The van der Waals surface area contributed by atoms with Crippen LogP contribution in [0, 0.1) is 0 Å². The first-order valence-electron chi connectivity index (χ1n) is 5.74. The molecule has 0 bridgehead atoms. The second-order valence-electron chi connectivity index (χ2n) is 3.69. The molecule has 0 saturated carbocycles. The summed E-state index contributed by atoms with van der Waals surface area (Å²) in [7, 11) is 1.22. The number of carbonyl (C=O) groups is 1. The number of rotatable bonds is 4. The second kappa shape index (κ2) is 8.34. The van der Waals surface area contributed by atoms with Gasteiger partial charge in [0.2, 0.25) is 0 Å². The molecule has 0 aliphatic rings. The van der Waals surface area contributed by atoms with Gasteiger partial charge in [-0.25, -0.2) is 4.79 Å². The molecule has 1 rings (SSSR count). The maximum atomic E-state index is 11.7. The van der Waals surface area contributed by atoms with E-state index in [1.807, 2.05) is 6.92 Å². The number of halogens is 4. The molecule has 1 amide bonds. The molecular weight excluding hydrogens is 378 g/mol. The van der Waals surface area contributed by atoms with Crippen LogP contribution in [0.2, 0.25) is 5.02 Å². The van der Waals surface area contributed by atoms with Gasteiger partial charge in [-0.15, -0.1) is 4.41 Å². The zero-order valence-corrected chi connectivity index (χ0v) is 15.0. The average Bonchev–Trinajstić information content (AvgIpc) is 2.42. The number of nitrogens with zero attached hydrogens (tertiary/aromatic N) is 2. The zero-order chi connectivity index (χ0) is 16.0. The van der Waals surface area contributed by atoms with Crippen LogP contribution >= 0.6 is 58.4 Å². The van der Waals surface area contributed by atoms with Crippen molar-refractivity contribution in [2.24, 2.45) is 5.10 Å². The second-order valence-corrected chi connectivity index (χ2v) is 8.22. The fraction of sp³-hybridized carbons (Fsp3) is 0.333. The maximum absolute atomic E-state index is 11.7.